The summed E-state index contributed by atoms with van der Waals surface area (Å²) in [6.45, 7) is 4.88. The second kappa shape index (κ2) is 8.36. The first-order valence-corrected chi connectivity index (χ1v) is 11.9. The summed E-state index contributed by atoms with van der Waals surface area (Å²) in [7, 11) is -3.97. The molecule has 1 aliphatic rings. The van der Waals surface area contributed by atoms with Gasteiger partial charge < -0.3 is 4.90 Å². The van der Waals surface area contributed by atoms with E-state index in [0.29, 0.717) is 24.3 Å². The van der Waals surface area contributed by atoms with Gasteiger partial charge in [0.25, 0.3) is 15.9 Å². The normalized spacial score (nSPS) is 13.6. The van der Waals surface area contributed by atoms with Gasteiger partial charge in [-0.05, 0) is 72.9 Å². The summed E-state index contributed by atoms with van der Waals surface area (Å²) in [5.41, 5.74) is 4.99. The number of aryl methyl sites for hydroxylation is 2. The highest BCUT2D eigenvalue weighted by Gasteiger charge is 2.25. The van der Waals surface area contributed by atoms with Crippen molar-refractivity contribution in [3.63, 3.8) is 0 Å². The topological polar surface area (TPSA) is 66.5 Å². The van der Waals surface area contributed by atoms with Crippen molar-refractivity contribution >= 4 is 33.2 Å². The Labute approximate surface area is 187 Å². The Morgan fingerprint density at radius 1 is 0.968 bits per heavy atom. The lowest BCUT2D eigenvalue weighted by Crippen LogP contribution is -2.36. The predicted molar refractivity (Wildman–Crippen MR) is 123 cm³/mol. The van der Waals surface area contributed by atoms with Crippen molar-refractivity contribution in [3.05, 3.63) is 93.5 Å². The summed E-state index contributed by atoms with van der Waals surface area (Å²) in [4.78, 5) is 14.7. The van der Waals surface area contributed by atoms with Gasteiger partial charge >= 0.3 is 0 Å². The molecule has 7 heteroatoms. The van der Waals surface area contributed by atoms with Crippen LogP contribution in [0.5, 0.6) is 0 Å². The molecule has 0 saturated heterocycles. The number of benzene rings is 3. The molecule has 3 aromatic carbocycles. The summed E-state index contributed by atoms with van der Waals surface area (Å²) in [6, 6.07) is 17.9. The Morgan fingerprint density at radius 3 is 2.35 bits per heavy atom. The summed E-state index contributed by atoms with van der Waals surface area (Å²) >= 11 is 6.22. The third kappa shape index (κ3) is 4.60. The average molecular weight is 455 g/mol. The number of nitrogens with zero attached hydrogens (tertiary/aromatic N) is 1. The molecule has 0 spiro atoms. The maximum Gasteiger partial charge on any atom is 0.263 e. The number of hydrogen-bond acceptors (Lipinski definition) is 3. The number of carbonyl (C=O) groups excluding carboxylic acids is 1. The van der Waals surface area contributed by atoms with E-state index in [1.807, 2.05) is 38.1 Å². The van der Waals surface area contributed by atoms with Gasteiger partial charge in [-0.2, -0.15) is 0 Å². The zero-order chi connectivity index (χ0) is 22.2. The molecule has 160 valence electrons. The van der Waals surface area contributed by atoms with Gasteiger partial charge in [0.1, 0.15) is 4.90 Å². The third-order valence-corrected chi connectivity index (χ3v) is 7.22. The molecule has 1 N–H and O–H groups in total. The highest BCUT2D eigenvalue weighted by molar-refractivity contribution is 7.92. The highest BCUT2D eigenvalue weighted by Crippen LogP contribution is 2.27. The fraction of sp³-hybridized carbons (Fsp3) is 0.208. The zero-order valence-electron chi connectivity index (χ0n) is 17.4. The Hall–Kier alpha value is -2.83. The number of sulfonamides is 1. The van der Waals surface area contributed by atoms with E-state index in [-0.39, 0.29) is 15.8 Å². The molecule has 31 heavy (non-hydrogen) atoms. The average Bonchev–Trinajstić information content (AvgIpc) is 2.72. The van der Waals surface area contributed by atoms with Crippen molar-refractivity contribution in [1.82, 2.24) is 4.90 Å². The highest BCUT2D eigenvalue weighted by atomic mass is 35.5. The van der Waals surface area contributed by atoms with Crippen LogP contribution in [0, 0.1) is 13.8 Å². The maximum atomic E-state index is 13.1. The van der Waals surface area contributed by atoms with E-state index < -0.39 is 10.0 Å². The molecule has 0 unspecified atom stereocenters. The van der Waals surface area contributed by atoms with Crippen LogP contribution in [0.3, 0.4) is 0 Å². The zero-order valence-corrected chi connectivity index (χ0v) is 18.9. The Morgan fingerprint density at radius 2 is 1.65 bits per heavy atom. The molecule has 0 atom stereocenters. The van der Waals surface area contributed by atoms with Gasteiger partial charge in [-0.1, -0.05) is 41.9 Å². The molecule has 0 radical (unpaired) electrons. The smallest absolute Gasteiger partial charge is 0.263 e. The minimum atomic E-state index is -3.97. The number of rotatable bonds is 4. The molecule has 0 bridgehead atoms. The predicted octanol–water partition coefficient (Wildman–Crippen LogP) is 4.96. The molecule has 0 fully saturated rings. The first-order chi connectivity index (χ1) is 14.7. The first kappa shape index (κ1) is 21.4. The lowest BCUT2D eigenvalue weighted by Gasteiger charge is -2.29. The Kier molecular flexibility index (Phi) is 5.77. The van der Waals surface area contributed by atoms with E-state index >= 15 is 0 Å². The van der Waals surface area contributed by atoms with Crippen LogP contribution in [-0.4, -0.2) is 25.8 Å². The maximum absolute atomic E-state index is 13.1. The van der Waals surface area contributed by atoms with E-state index in [1.54, 1.807) is 23.1 Å². The van der Waals surface area contributed by atoms with Crippen LogP contribution in [0.15, 0.2) is 65.6 Å². The summed E-state index contributed by atoms with van der Waals surface area (Å²) in [5.74, 6) is -0.214. The van der Waals surface area contributed by atoms with E-state index in [9.17, 15) is 13.2 Å². The van der Waals surface area contributed by atoms with Crippen molar-refractivity contribution in [3.8, 4) is 0 Å². The fourth-order valence-corrected chi connectivity index (χ4v) is 5.50. The number of anilines is 1. The lowest BCUT2D eigenvalue weighted by atomic mass is 9.99. The second-order valence-electron chi connectivity index (χ2n) is 7.87. The van der Waals surface area contributed by atoms with Crippen molar-refractivity contribution in [2.45, 2.75) is 31.7 Å². The lowest BCUT2D eigenvalue weighted by molar-refractivity contribution is 0.0734. The molecular formula is C24H23ClN2O3S. The summed E-state index contributed by atoms with van der Waals surface area (Å²) in [5, 5.41) is 0.0671. The largest absolute Gasteiger partial charge is 0.334 e. The van der Waals surface area contributed by atoms with E-state index in [1.165, 1.54) is 17.7 Å². The summed E-state index contributed by atoms with van der Waals surface area (Å²) < 4.78 is 28.7. The number of halogens is 1. The number of fused-ring (bicyclic) bond motifs is 1. The summed E-state index contributed by atoms with van der Waals surface area (Å²) in [6.07, 6.45) is 0.773. The molecule has 1 amide bonds. The van der Waals surface area contributed by atoms with Gasteiger partial charge in [-0.25, -0.2) is 8.42 Å². The molecule has 1 aliphatic heterocycles. The van der Waals surface area contributed by atoms with Gasteiger partial charge in [0.2, 0.25) is 0 Å². The molecule has 0 aromatic heterocycles. The Bertz CT molecular complexity index is 1250. The van der Waals surface area contributed by atoms with Gasteiger partial charge in [-0.3, -0.25) is 9.52 Å². The van der Waals surface area contributed by atoms with Crippen molar-refractivity contribution in [2.24, 2.45) is 0 Å². The monoisotopic (exact) mass is 454 g/mol. The van der Waals surface area contributed by atoms with Crippen LogP contribution in [0.4, 0.5) is 5.69 Å². The van der Waals surface area contributed by atoms with Gasteiger partial charge in [0.05, 0.1) is 5.02 Å². The molecule has 3 aromatic rings. The first-order valence-electron chi connectivity index (χ1n) is 10.00. The molecule has 0 aliphatic carbocycles. The van der Waals surface area contributed by atoms with Crippen LogP contribution in [0.25, 0.3) is 0 Å². The third-order valence-electron chi connectivity index (χ3n) is 5.36. The van der Waals surface area contributed by atoms with Crippen molar-refractivity contribution in [2.75, 3.05) is 11.3 Å². The molecule has 4 rings (SSSR count). The number of hydrogen-bond donors (Lipinski definition) is 1. The molecule has 5 nitrogen and oxygen atoms in total. The Balaban J connectivity index is 1.61. The SMILES string of the molecule is Cc1cc(C)cc(NS(=O)(=O)c2cc(C(=O)N3CCc4ccccc4C3)ccc2Cl)c1. The van der Waals surface area contributed by atoms with Crippen LogP contribution >= 0.6 is 11.6 Å². The van der Waals surface area contributed by atoms with Crippen LogP contribution in [0.2, 0.25) is 5.02 Å². The molecule has 1 heterocycles. The van der Waals surface area contributed by atoms with Crippen LogP contribution < -0.4 is 4.72 Å². The van der Waals surface area contributed by atoms with Crippen molar-refractivity contribution in [1.29, 1.82) is 0 Å². The van der Waals surface area contributed by atoms with Crippen LogP contribution in [-0.2, 0) is 23.0 Å². The van der Waals surface area contributed by atoms with Crippen LogP contribution in [0.1, 0.15) is 32.6 Å². The molecular weight excluding hydrogens is 432 g/mol. The van der Waals surface area contributed by atoms with Gasteiger partial charge in [0.15, 0.2) is 0 Å². The minimum Gasteiger partial charge on any atom is -0.334 e. The molecule has 0 saturated carbocycles. The van der Waals surface area contributed by atoms with Gasteiger partial charge in [-0.15, -0.1) is 0 Å². The number of carbonyl (C=O) groups is 1. The van der Waals surface area contributed by atoms with Crippen molar-refractivity contribution < 1.29 is 13.2 Å². The van der Waals surface area contributed by atoms with E-state index in [4.69, 9.17) is 11.6 Å². The number of amides is 1. The minimum absolute atomic E-state index is 0.0671. The fourth-order valence-electron chi connectivity index (χ4n) is 3.94. The standard InChI is InChI=1S/C24H23ClN2O3S/c1-16-11-17(2)13-21(12-16)26-31(29,30)23-14-19(7-8-22(23)25)24(28)27-10-9-18-5-3-4-6-20(18)15-27/h3-8,11-14,26H,9-10,15H2,1-2H3. The van der Waals surface area contributed by atoms with E-state index in [2.05, 4.69) is 10.8 Å². The second-order valence-corrected chi connectivity index (χ2v) is 9.93. The van der Waals surface area contributed by atoms with Gasteiger partial charge in [0, 0.05) is 24.3 Å². The number of nitrogens with one attached hydrogen (secondary N) is 1. The quantitative estimate of drug-likeness (QED) is 0.606. The van der Waals surface area contributed by atoms with E-state index in [0.717, 1.165) is 23.1 Å².